The maximum Gasteiger partial charge on any atom is 0.139 e. The van der Waals surface area contributed by atoms with E-state index < -0.39 is 0 Å². The molecule has 0 amide bonds. The monoisotopic (exact) mass is 279 g/mol. The molecule has 0 spiro atoms. The minimum absolute atomic E-state index is 0.285. The zero-order chi connectivity index (χ0) is 13.9. The van der Waals surface area contributed by atoms with Crippen molar-refractivity contribution in [3.63, 3.8) is 0 Å². The standard InChI is InChI=1S/C16H10ClN3/c17-12-6-7-15-14(8-12)16(11-4-2-1-3-5-11)19-10-13(9-18)20-15/h1-8H,10H2. The van der Waals surface area contributed by atoms with Crippen LogP contribution in [-0.4, -0.2) is 18.0 Å². The predicted molar refractivity (Wildman–Crippen MR) is 81.1 cm³/mol. The van der Waals surface area contributed by atoms with Crippen molar-refractivity contribution in [1.29, 1.82) is 5.26 Å². The zero-order valence-electron chi connectivity index (χ0n) is 10.5. The SMILES string of the molecule is N#CC1=Nc2ccc(Cl)cc2C(c2ccccc2)=NC1. The zero-order valence-corrected chi connectivity index (χ0v) is 11.3. The van der Waals surface area contributed by atoms with E-state index >= 15 is 0 Å². The molecule has 1 heterocycles. The number of hydrogen-bond donors (Lipinski definition) is 0. The van der Waals surface area contributed by atoms with Crippen LogP contribution < -0.4 is 0 Å². The molecule has 0 radical (unpaired) electrons. The van der Waals surface area contributed by atoms with Crippen molar-refractivity contribution in [2.24, 2.45) is 9.98 Å². The summed E-state index contributed by atoms with van der Waals surface area (Å²) < 4.78 is 0. The largest absolute Gasteiger partial charge is 0.277 e. The van der Waals surface area contributed by atoms with Crippen molar-refractivity contribution in [2.45, 2.75) is 0 Å². The van der Waals surface area contributed by atoms with Crippen molar-refractivity contribution in [3.8, 4) is 6.07 Å². The van der Waals surface area contributed by atoms with E-state index in [0.29, 0.717) is 10.7 Å². The van der Waals surface area contributed by atoms with Gasteiger partial charge >= 0.3 is 0 Å². The quantitative estimate of drug-likeness (QED) is 0.783. The van der Waals surface area contributed by atoms with Gasteiger partial charge in [0.15, 0.2) is 0 Å². The lowest BCUT2D eigenvalue weighted by Gasteiger charge is -2.08. The van der Waals surface area contributed by atoms with E-state index in [4.69, 9.17) is 16.9 Å². The van der Waals surface area contributed by atoms with Gasteiger partial charge in [0.2, 0.25) is 0 Å². The van der Waals surface area contributed by atoms with Gasteiger partial charge in [0.1, 0.15) is 11.8 Å². The van der Waals surface area contributed by atoms with E-state index in [9.17, 15) is 0 Å². The smallest absolute Gasteiger partial charge is 0.139 e. The fraction of sp³-hybridized carbons (Fsp3) is 0.0625. The Morgan fingerprint density at radius 1 is 1.10 bits per heavy atom. The van der Waals surface area contributed by atoms with Crippen LogP contribution in [0, 0.1) is 11.3 Å². The lowest BCUT2D eigenvalue weighted by Crippen LogP contribution is -2.05. The predicted octanol–water partition coefficient (Wildman–Crippen LogP) is 3.79. The average molecular weight is 280 g/mol. The van der Waals surface area contributed by atoms with Gasteiger partial charge in [-0.15, -0.1) is 0 Å². The Morgan fingerprint density at radius 2 is 1.90 bits per heavy atom. The summed E-state index contributed by atoms with van der Waals surface area (Å²) in [5.41, 5.74) is 3.79. The summed E-state index contributed by atoms with van der Waals surface area (Å²) >= 11 is 6.08. The molecule has 1 aliphatic rings. The molecule has 0 N–H and O–H groups in total. The Hall–Kier alpha value is -2.44. The van der Waals surface area contributed by atoms with Gasteiger partial charge in [-0.05, 0) is 18.2 Å². The van der Waals surface area contributed by atoms with E-state index in [1.54, 1.807) is 6.07 Å². The molecule has 0 aromatic heterocycles. The van der Waals surface area contributed by atoms with Crippen LogP contribution in [0.2, 0.25) is 5.02 Å². The molecule has 0 unspecified atom stereocenters. The topological polar surface area (TPSA) is 48.5 Å². The molecule has 0 atom stereocenters. The first-order chi connectivity index (χ1) is 9.78. The third-order valence-electron chi connectivity index (χ3n) is 3.03. The number of nitrogens with zero attached hydrogens (tertiary/aromatic N) is 3. The highest BCUT2D eigenvalue weighted by atomic mass is 35.5. The minimum atomic E-state index is 0.285. The van der Waals surface area contributed by atoms with E-state index in [1.165, 1.54) is 0 Å². The molecule has 0 saturated heterocycles. The second-order valence-corrected chi connectivity index (χ2v) is 4.80. The van der Waals surface area contributed by atoms with Gasteiger partial charge < -0.3 is 0 Å². The van der Waals surface area contributed by atoms with E-state index in [1.807, 2.05) is 42.5 Å². The van der Waals surface area contributed by atoms with Crippen LogP contribution >= 0.6 is 11.6 Å². The number of hydrogen-bond acceptors (Lipinski definition) is 3. The first-order valence-electron chi connectivity index (χ1n) is 6.15. The van der Waals surface area contributed by atoms with Gasteiger partial charge in [-0.1, -0.05) is 41.9 Å². The fourth-order valence-corrected chi connectivity index (χ4v) is 2.29. The summed E-state index contributed by atoms with van der Waals surface area (Å²) in [5.74, 6) is 0. The second-order valence-electron chi connectivity index (χ2n) is 4.36. The Labute approximate surface area is 121 Å². The summed E-state index contributed by atoms with van der Waals surface area (Å²) in [6.45, 7) is 0.285. The molecule has 0 aliphatic carbocycles. The summed E-state index contributed by atoms with van der Waals surface area (Å²) in [6, 6.07) is 17.4. The Kier molecular flexibility index (Phi) is 3.32. The molecular formula is C16H10ClN3. The van der Waals surface area contributed by atoms with Gasteiger partial charge in [-0.25, -0.2) is 4.99 Å². The number of halogens is 1. The van der Waals surface area contributed by atoms with Crippen molar-refractivity contribution < 1.29 is 0 Å². The summed E-state index contributed by atoms with van der Waals surface area (Å²) in [4.78, 5) is 8.89. The molecular weight excluding hydrogens is 270 g/mol. The summed E-state index contributed by atoms with van der Waals surface area (Å²) in [6.07, 6.45) is 0. The highest BCUT2D eigenvalue weighted by molar-refractivity contribution is 6.31. The molecule has 96 valence electrons. The van der Waals surface area contributed by atoms with Crippen LogP contribution in [-0.2, 0) is 0 Å². The number of benzene rings is 2. The molecule has 3 rings (SSSR count). The van der Waals surface area contributed by atoms with Crippen LogP contribution in [0.25, 0.3) is 0 Å². The van der Waals surface area contributed by atoms with Gasteiger partial charge in [0.25, 0.3) is 0 Å². The van der Waals surface area contributed by atoms with Gasteiger partial charge in [0, 0.05) is 16.1 Å². The normalized spacial score (nSPS) is 13.6. The Bertz CT molecular complexity index is 755. The lowest BCUT2D eigenvalue weighted by atomic mass is 10.0. The van der Waals surface area contributed by atoms with E-state index in [2.05, 4.69) is 16.1 Å². The average Bonchev–Trinajstić information content (AvgIpc) is 2.67. The molecule has 0 saturated carbocycles. The highest BCUT2D eigenvalue weighted by Gasteiger charge is 2.16. The maximum absolute atomic E-state index is 9.08. The first-order valence-corrected chi connectivity index (χ1v) is 6.53. The summed E-state index contributed by atoms with van der Waals surface area (Å²) in [7, 11) is 0. The van der Waals surface area contributed by atoms with Crippen LogP contribution in [0.5, 0.6) is 0 Å². The second kappa shape index (κ2) is 5.28. The maximum atomic E-state index is 9.08. The first kappa shape index (κ1) is 12.6. The molecule has 2 aromatic rings. The fourth-order valence-electron chi connectivity index (χ4n) is 2.12. The highest BCUT2D eigenvalue weighted by Crippen LogP contribution is 2.28. The minimum Gasteiger partial charge on any atom is -0.277 e. The van der Waals surface area contributed by atoms with Crippen LogP contribution in [0.1, 0.15) is 11.1 Å². The van der Waals surface area contributed by atoms with Crippen molar-refractivity contribution >= 4 is 28.7 Å². The Morgan fingerprint density at radius 3 is 2.65 bits per heavy atom. The molecule has 4 heteroatoms. The number of aliphatic imine (C=N–C) groups is 2. The number of rotatable bonds is 1. The Balaban J connectivity index is 2.22. The third kappa shape index (κ3) is 2.34. The van der Waals surface area contributed by atoms with E-state index in [0.717, 1.165) is 22.5 Å². The molecule has 0 fully saturated rings. The molecule has 3 nitrogen and oxygen atoms in total. The molecule has 0 bridgehead atoms. The lowest BCUT2D eigenvalue weighted by molar-refractivity contribution is 1.30. The van der Waals surface area contributed by atoms with Crippen molar-refractivity contribution in [3.05, 3.63) is 64.7 Å². The van der Waals surface area contributed by atoms with Crippen LogP contribution in [0.4, 0.5) is 5.69 Å². The number of fused-ring (bicyclic) bond motifs is 1. The van der Waals surface area contributed by atoms with Crippen molar-refractivity contribution in [1.82, 2.24) is 0 Å². The van der Waals surface area contributed by atoms with Gasteiger partial charge in [-0.2, -0.15) is 5.26 Å². The third-order valence-corrected chi connectivity index (χ3v) is 3.27. The van der Waals surface area contributed by atoms with Gasteiger partial charge in [-0.3, -0.25) is 4.99 Å². The van der Waals surface area contributed by atoms with Crippen molar-refractivity contribution in [2.75, 3.05) is 6.54 Å². The van der Waals surface area contributed by atoms with Crippen LogP contribution in [0.15, 0.2) is 58.5 Å². The molecule has 20 heavy (non-hydrogen) atoms. The number of nitriles is 1. The molecule has 2 aromatic carbocycles. The van der Waals surface area contributed by atoms with Gasteiger partial charge in [0.05, 0.1) is 17.9 Å². The van der Waals surface area contributed by atoms with E-state index in [-0.39, 0.29) is 6.54 Å². The molecule has 1 aliphatic heterocycles. The van der Waals surface area contributed by atoms with Crippen LogP contribution in [0.3, 0.4) is 0 Å². The summed E-state index contributed by atoms with van der Waals surface area (Å²) in [5, 5.41) is 9.70.